The molecule has 1 aromatic rings. The zero-order valence-corrected chi connectivity index (χ0v) is 10.5. The van der Waals surface area contributed by atoms with Gasteiger partial charge in [0.1, 0.15) is 11.5 Å². The van der Waals surface area contributed by atoms with Crippen LogP contribution in [-0.4, -0.2) is 35.4 Å². The molecule has 0 spiro atoms. The first-order valence-corrected chi connectivity index (χ1v) is 6.42. The number of nitrogens with zero attached hydrogens (tertiary/aromatic N) is 2. The van der Waals surface area contributed by atoms with Crippen LogP contribution in [0.2, 0.25) is 0 Å². The van der Waals surface area contributed by atoms with E-state index in [0.29, 0.717) is 24.0 Å². The molecule has 1 aromatic heterocycles. The van der Waals surface area contributed by atoms with Gasteiger partial charge in [-0.25, -0.2) is 4.98 Å². The number of pyridine rings is 1. The molecule has 0 radical (unpaired) electrons. The summed E-state index contributed by atoms with van der Waals surface area (Å²) in [5.74, 6) is 0.883. The number of amides is 1. The Morgan fingerprint density at radius 1 is 1.50 bits per heavy atom. The monoisotopic (exact) mass is 248 g/mol. The van der Waals surface area contributed by atoms with Crippen molar-refractivity contribution in [3.8, 4) is 0 Å². The molecule has 18 heavy (non-hydrogen) atoms. The molecule has 2 rings (SSSR count). The van der Waals surface area contributed by atoms with Crippen LogP contribution < -0.4 is 11.5 Å². The smallest absolute Gasteiger partial charge is 0.272 e. The lowest BCUT2D eigenvalue weighted by atomic mass is 9.94. The molecule has 98 valence electrons. The maximum absolute atomic E-state index is 12.3. The molecule has 0 aliphatic carbocycles. The van der Waals surface area contributed by atoms with Gasteiger partial charge in [0.15, 0.2) is 0 Å². The molecular weight excluding hydrogens is 228 g/mol. The number of rotatable bonds is 3. The highest BCUT2D eigenvalue weighted by Crippen LogP contribution is 2.20. The van der Waals surface area contributed by atoms with Crippen LogP contribution in [0, 0.1) is 5.92 Å². The third-order valence-corrected chi connectivity index (χ3v) is 3.37. The first-order valence-electron chi connectivity index (χ1n) is 6.42. The highest BCUT2D eigenvalue weighted by molar-refractivity contribution is 5.92. The van der Waals surface area contributed by atoms with Gasteiger partial charge in [-0.3, -0.25) is 4.79 Å². The van der Waals surface area contributed by atoms with Crippen molar-refractivity contribution in [2.75, 3.05) is 25.4 Å². The zero-order valence-electron chi connectivity index (χ0n) is 10.5. The van der Waals surface area contributed by atoms with Gasteiger partial charge in [-0.2, -0.15) is 0 Å². The van der Waals surface area contributed by atoms with Crippen LogP contribution in [0.4, 0.5) is 5.82 Å². The predicted molar refractivity (Wildman–Crippen MR) is 70.9 cm³/mol. The number of aromatic nitrogens is 1. The Balaban J connectivity index is 2.04. The van der Waals surface area contributed by atoms with Crippen molar-refractivity contribution in [2.24, 2.45) is 11.7 Å². The van der Waals surface area contributed by atoms with E-state index < -0.39 is 0 Å². The normalized spacial score (nSPS) is 19.8. The maximum Gasteiger partial charge on any atom is 0.272 e. The Hall–Kier alpha value is -1.62. The molecule has 4 N–H and O–H groups in total. The van der Waals surface area contributed by atoms with Gasteiger partial charge in [0.2, 0.25) is 0 Å². The Kier molecular flexibility index (Phi) is 4.15. The lowest BCUT2D eigenvalue weighted by molar-refractivity contribution is 0.0663. The Labute approximate surface area is 107 Å². The summed E-state index contributed by atoms with van der Waals surface area (Å²) in [6.45, 7) is 2.27. The summed E-state index contributed by atoms with van der Waals surface area (Å²) in [5, 5.41) is 0. The molecule has 5 heteroatoms. The number of likely N-dealkylation sites (tertiary alicyclic amines) is 1. The van der Waals surface area contributed by atoms with Crippen LogP contribution in [0.5, 0.6) is 0 Å². The second kappa shape index (κ2) is 5.82. The number of piperidine rings is 1. The number of nitrogens with two attached hydrogens (primary N) is 2. The highest BCUT2D eigenvalue weighted by atomic mass is 16.2. The van der Waals surface area contributed by atoms with E-state index in [-0.39, 0.29) is 5.91 Å². The van der Waals surface area contributed by atoms with Crippen molar-refractivity contribution >= 4 is 11.7 Å². The van der Waals surface area contributed by atoms with E-state index in [4.69, 9.17) is 11.5 Å². The van der Waals surface area contributed by atoms with Crippen LogP contribution >= 0.6 is 0 Å². The Morgan fingerprint density at radius 2 is 2.33 bits per heavy atom. The fourth-order valence-corrected chi connectivity index (χ4v) is 2.45. The van der Waals surface area contributed by atoms with Crippen LogP contribution in [0.15, 0.2) is 18.2 Å². The number of anilines is 1. The van der Waals surface area contributed by atoms with E-state index in [1.807, 2.05) is 4.90 Å². The molecule has 1 fully saturated rings. The fourth-order valence-electron chi connectivity index (χ4n) is 2.45. The highest BCUT2D eigenvalue weighted by Gasteiger charge is 2.24. The molecule has 1 aliphatic heterocycles. The van der Waals surface area contributed by atoms with E-state index in [2.05, 4.69) is 4.98 Å². The van der Waals surface area contributed by atoms with Crippen molar-refractivity contribution in [3.05, 3.63) is 23.9 Å². The molecule has 0 unspecified atom stereocenters. The molecule has 2 heterocycles. The summed E-state index contributed by atoms with van der Waals surface area (Å²) in [6.07, 6.45) is 3.18. The maximum atomic E-state index is 12.3. The third kappa shape index (κ3) is 2.98. The zero-order chi connectivity index (χ0) is 13.0. The van der Waals surface area contributed by atoms with Crippen LogP contribution in [0.3, 0.4) is 0 Å². The second-order valence-corrected chi connectivity index (χ2v) is 4.78. The second-order valence-electron chi connectivity index (χ2n) is 4.78. The number of carbonyl (C=O) groups is 1. The van der Waals surface area contributed by atoms with Crippen molar-refractivity contribution < 1.29 is 4.79 Å². The Bertz CT molecular complexity index is 419. The van der Waals surface area contributed by atoms with E-state index in [0.717, 1.165) is 32.4 Å². The SMILES string of the molecule is NCC[C@@H]1CCCN(C(=O)c2cccc(N)n2)C1. The summed E-state index contributed by atoms with van der Waals surface area (Å²) in [4.78, 5) is 18.2. The number of carbonyl (C=O) groups excluding carboxylic acids is 1. The molecule has 1 aliphatic rings. The van der Waals surface area contributed by atoms with Gasteiger partial charge in [0.05, 0.1) is 0 Å². The van der Waals surface area contributed by atoms with Gasteiger partial charge in [-0.1, -0.05) is 6.07 Å². The standard InChI is InChI=1S/C13H20N4O/c14-7-6-10-3-2-8-17(9-10)13(18)11-4-1-5-12(15)16-11/h1,4-5,10H,2-3,6-9,14H2,(H2,15,16)/t10-/m0/s1. The summed E-state index contributed by atoms with van der Waals surface area (Å²) in [6, 6.07) is 5.16. The topological polar surface area (TPSA) is 85.2 Å². The first kappa shape index (κ1) is 12.8. The Morgan fingerprint density at radius 3 is 3.06 bits per heavy atom. The molecule has 5 nitrogen and oxygen atoms in total. The van der Waals surface area contributed by atoms with Crippen molar-refractivity contribution in [1.82, 2.24) is 9.88 Å². The average molecular weight is 248 g/mol. The minimum atomic E-state index is -0.0241. The first-order chi connectivity index (χ1) is 8.70. The molecule has 1 saturated heterocycles. The molecule has 0 bridgehead atoms. The summed E-state index contributed by atoms with van der Waals surface area (Å²) >= 11 is 0. The number of hydrogen-bond acceptors (Lipinski definition) is 4. The largest absolute Gasteiger partial charge is 0.384 e. The van der Waals surface area contributed by atoms with E-state index in [1.165, 1.54) is 0 Å². The summed E-state index contributed by atoms with van der Waals surface area (Å²) < 4.78 is 0. The lowest BCUT2D eigenvalue weighted by Gasteiger charge is -2.32. The van der Waals surface area contributed by atoms with Gasteiger partial charge >= 0.3 is 0 Å². The van der Waals surface area contributed by atoms with Crippen LogP contribution in [0.1, 0.15) is 29.8 Å². The predicted octanol–water partition coefficient (Wildman–Crippen LogP) is 0.865. The molecule has 0 saturated carbocycles. The number of nitrogen functional groups attached to an aromatic ring is 1. The van der Waals surface area contributed by atoms with Crippen molar-refractivity contribution in [2.45, 2.75) is 19.3 Å². The van der Waals surface area contributed by atoms with Gasteiger partial charge in [-0.05, 0) is 43.9 Å². The third-order valence-electron chi connectivity index (χ3n) is 3.37. The molecular formula is C13H20N4O. The molecule has 0 aromatic carbocycles. The quantitative estimate of drug-likeness (QED) is 0.831. The van der Waals surface area contributed by atoms with E-state index in [9.17, 15) is 4.79 Å². The van der Waals surface area contributed by atoms with E-state index in [1.54, 1.807) is 18.2 Å². The number of hydrogen-bond donors (Lipinski definition) is 2. The van der Waals surface area contributed by atoms with Crippen LogP contribution in [0.25, 0.3) is 0 Å². The fraction of sp³-hybridized carbons (Fsp3) is 0.538. The van der Waals surface area contributed by atoms with Gasteiger partial charge in [-0.15, -0.1) is 0 Å². The van der Waals surface area contributed by atoms with Gasteiger partial charge in [0.25, 0.3) is 5.91 Å². The van der Waals surface area contributed by atoms with Gasteiger partial charge < -0.3 is 16.4 Å². The molecule has 1 amide bonds. The summed E-state index contributed by atoms with van der Waals surface area (Å²) in [7, 11) is 0. The molecule has 1 atom stereocenters. The van der Waals surface area contributed by atoms with Crippen molar-refractivity contribution in [3.63, 3.8) is 0 Å². The lowest BCUT2D eigenvalue weighted by Crippen LogP contribution is -2.40. The minimum absolute atomic E-state index is 0.0241. The van der Waals surface area contributed by atoms with E-state index >= 15 is 0 Å². The summed E-state index contributed by atoms with van der Waals surface area (Å²) in [5.41, 5.74) is 11.6. The van der Waals surface area contributed by atoms with Crippen molar-refractivity contribution in [1.29, 1.82) is 0 Å². The average Bonchev–Trinajstić information content (AvgIpc) is 2.39. The van der Waals surface area contributed by atoms with Crippen LogP contribution in [-0.2, 0) is 0 Å². The minimum Gasteiger partial charge on any atom is -0.384 e. The van der Waals surface area contributed by atoms with Gasteiger partial charge in [0, 0.05) is 13.1 Å².